The number of nitrogens with two attached hydrogens (primary N) is 1. The summed E-state index contributed by atoms with van der Waals surface area (Å²) in [5, 5.41) is 0.554. The SMILES string of the molecule is COc1cccc(-c2cc(Cl)ccc2C=O)c1N. The van der Waals surface area contributed by atoms with Gasteiger partial charge in [-0.15, -0.1) is 0 Å². The molecule has 0 aromatic heterocycles. The van der Waals surface area contributed by atoms with E-state index in [1.54, 1.807) is 31.4 Å². The number of carbonyl (C=O) groups is 1. The summed E-state index contributed by atoms with van der Waals surface area (Å²) in [5.41, 5.74) is 8.49. The van der Waals surface area contributed by atoms with Crippen molar-refractivity contribution in [3.05, 3.63) is 47.0 Å². The molecule has 0 aliphatic carbocycles. The van der Waals surface area contributed by atoms with Crippen LogP contribution in [0.15, 0.2) is 36.4 Å². The van der Waals surface area contributed by atoms with Gasteiger partial charge >= 0.3 is 0 Å². The smallest absolute Gasteiger partial charge is 0.150 e. The van der Waals surface area contributed by atoms with Crippen molar-refractivity contribution < 1.29 is 9.53 Å². The molecule has 2 aromatic carbocycles. The Kier molecular flexibility index (Phi) is 3.53. The van der Waals surface area contributed by atoms with Gasteiger partial charge in [0.15, 0.2) is 6.29 Å². The van der Waals surface area contributed by atoms with E-state index in [1.807, 2.05) is 12.1 Å². The number of aldehydes is 1. The van der Waals surface area contributed by atoms with Crippen molar-refractivity contribution in [2.24, 2.45) is 0 Å². The van der Waals surface area contributed by atoms with Crippen molar-refractivity contribution in [3.63, 3.8) is 0 Å². The molecule has 0 fully saturated rings. The van der Waals surface area contributed by atoms with Crippen LogP contribution in [0.1, 0.15) is 10.4 Å². The van der Waals surface area contributed by atoms with Gasteiger partial charge < -0.3 is 10.5 Å². The van der Waals surface area contributed by atoms with Gasteiger partial charge in [0.2, 0.25) is 0 Å². The first kappa shape index (κ1) is 12.5. The van der Waals surface area contributed by atoms with Crippen molar-refractivity contribution >= 4 is 23.6 Å². The molecule has 18 heavy (non-hydrogen) atoms. The molecule has 0 unspecified atom stereocenters. The molecule has 2 N–H and O–H groups in total. The monoisotopic (exact) mass is 261 g/mol. The summed E-state index contributed by atoms with van der Waals surface area (Å²) in [7, 11) is 1.55. The summed E-state index contributed by atoms with van der Waals surface area (Å²) in [5.74, 6) is 0.573. The van der Waals surface area contributed by atoms with Crippen LogP contribution in [0.2, 0.25) is 5.02 Å². The van der Waals surface area contributed by atoms with Crippen molar-refractivity contribution in [2.75, 3.05) is 12.8 Å². The zero-order valence-electron chi connectivity index (χ0n) is 9.81. The molecule has 2 aromatic rings. The third kappa shape index (κ3) is 2.17. The topological polar surface area (TPSA) is 52.3 Å². The Morgan fingerprint density at radius 1 is 1.22 bits per heavy atom. The molecule has 0 saturated heterocycles. The van der Waals surface area contributed by atoms with E-state index in [4.69, 9.17) is 22.1 Å². The first-order valence-corrected chi connectivity index (χ1v) is 5.72. The highest BCUT2D eigenvalue weighted by molar-refractivity contribution is 6.31. The largest absolute Gasteiger partial charge is 0.495 e. The minimum atomic E-state index is 0.491. The minimum Gasteiger partial charge on any atom is -0.495 e. The molecule has 92 valence electrons. The maximum atomic E-state index is 11.1. The molecule has 0 aliphatic heterocycles. The lowest BCUT2D eigenvalue weighted by atomic mass is 9.98. The third-order valence-electron chi connectivity index (χ3n) is 2.72. The van der Waals surface area contributed by atoms with Crippen LogP contribution < -0.4 is 10.5 Å². The third-order valence-corrected chi connectivity index (χ3v) is 2.95. The van der Waals surface area contributed by atoms with Gasteiger partial charge in [-0.1, -0.05) is 23.7 Å². The van der Waals surface area contributed by atoms with E-state index in [0.717, 1.165) is 11.8 Å². The van der Waals surface area contributed by atoms with Gasteiger partial charge in [0, 0.05) is 16.1 Å². The Bertz CT molecular complexity index is 596. The highest BCUT2D eigenvalue weighted by atomic mass is 35.5. The Balaban J connectivity index is 2.68. The highest BCUT2D eigenvalue weighted by Gasteiger charge is 2.11. The fourth-order valence-corrected chi connectivity index (χ4v) is 1.99. The summed E-state index contributed by atoms with van der Waals surface area (Å²) in [6.45, 7) is 0. The number of anilines is 1. The van der Waals surface area contributed by atoms with Crippen LogP contribution >= 0.6 is 11.6 Å². The van der Waals surface area contributed by atoms with Crippen LogP contribution in [0.4, 0.5) is 5.69 Å². The number of benzene rings is 2. The fourth-order valence-electron chi connectivity index (χ4n) is 1.82. The summed E-state index contributed by atoms with van der Waals surface area (Å²) in [6.07, 6.45) is 0.782. The lowest BCUT2D eigenvalue weighted by molar-refractivity contribution is 0.112. The summed E-state index contributed by atoms with van der Waals surface area (Å²) < 4.78 is 5.16. The summed E-state index contributed by atoms with van der Waals surface area (Å²) >= 11 is 5.96. The lowest BCUT2D eigenvalue weighted by Gasteiger charge is -2.12. The molecular weight excluding hydrogens is 250 g/mol. The number of hydrogen-bond acceptors (Lipinski definition) is 3. The highest BCUT2D eigenvalue weighted by Crippen LogP contribution is 2.35. The maximum Gasteiger partial charge on any atom is 0.150 e. The molecule has 3 nitrogen and oxygen atoms in total. The predicted molar refractivity (Wildman–Crippen MR) is 73.2 cm³/mol. The molecule has 0 saturated carbocycles. The van der Waals surface area contributed by atoms with Gasteiger partial charge in [0.25, 0.3) is 0 Å². The van der Waals surface area contributed by atoms with Crippen LogP contribution in [0, 0.1) is 0 Å². The Morgan fingerprint density at radius 2 is 2.00 bits per heavy atom. The van der Waals surface area contributed by atoms with Crippen molar-refractivity contribution in [1.29, 1.82) is 0 Å². The Morgan fingerprint density at radius 3 is 2.67 bits per heavy atom. The Labute approximate surface area is 110 Å². The predicted octanol–water partition coefficient (Wildman–Crippen LogP) is 3.41. The molecule has 0 spiro atoms. The zero-order valence-corrected chi connectivity index (χ0v) is 10.6. The van der Waals surface area contributed by atoms with E-state index in [0.29, 0.717) is 27.6 Å². The van der Waals surface area contributed by atoms with Crippen LogP contribution in [0.25, 0.3) is 11.1 Å². The average Bonchev–Trinajstić information content (AvgIpc) is 2.39. The molecule has 0 bridgehead atoms. The minimum absolute atomic E-state index is 0.491. The number of para-hydroxylation sites is 1. The second-order valence-electron chi connectivity index (χ2n) is 3.77. The lowest BCUT2D eigenvalue weighted by Crippen LogP contribution is -1.97. The van der Waals surface area contributed by atoms with Crippen LogP contribution in [0.5, 0.6) is 5.75 Å². The number of nitrogen functional groups attached to an aromatic ring is 1. The van der Waals surface area contributed by atoms with E-state index in [-0.39, 0.29) is 0 Å². The van der Waals surface area contributed by atoms with Crippen molar-refractivity contribution in [3.8, 4) is 16.9 Å². The maximum absolute atomic E-state index is 11.1. The number of ether oxygens (including phenoxy) is 1. The Hall–Kier alpha value is -2.00. The molecular formula is C14H12ClNO2. The summed E-state index contributed by atoms with van der Waals surface area (Å²) in [6, 6.07) is 10.5. The van der Waals surface area contributed by atoms with Gasteiger partial charge in [-0.05, 0) is 29.8 Å². The quantitative estimate of drug-likeness (QED) is 0.680. The molecule has 4 heteroatoms. The normalized spacial score (nSPS) is 10.1. The fraction of sp³-hybridized carbons (Fsp3) is 0.0714. The van der Waals surface area contributed by atoms with Crippen LogP contribution in [-0.4, -0.2) is 13.4 Å². The molecule has 0 heterocycles. The first-order chi connectivity index (χ1) is 8.67. The molecule has 2 rings (SSSR count). The van der Waals surface area contributed by atoms with E-state index >= 15 is 0 Å². The number of methoxy groups -OCH3 is 1. The van der Waals surface area contributed by atoms with E-state index in [1.165, 1.54) is 0 Å². The second-order valence-corrected chi connectivity index (χ2v) is 4.21. The van der Waals surface area contributed by atoms with Gasteiger partial charge in [-0.25, -0.2) is 0 Å². The van der Waals surface area contributed by atoms with Crippen molar-refractivity contribution in [2.45, 2.75) is 0 Å². The van der Waals surface area contributed by atoms with Gasteiger partial charge in [-0.3, -0.25) is 4.79 Å². The molecule has 0 radical (unpaired) electrons. The van der Waals surface area contributed by atoms with E-state index in [2.05, 4.69) is 0 Å². The van der Waals surface area contributed by atoms with Crippen LogP contribution in [-0.2, 0) is 0 Å². The van der Waals surface area contributed by atoms with Crippen molar-refractivity contribution in [1.82, 2.24) is 0 Å². The number of rotatable bonds is 3. The standard InChI is InChI=1S/C14H12ClNO2/c1-18-13-4-2-3-11(14(13)16)12-7-10(15)6-5-9(12)8-17/h2-8H,16H2,1H3. The molecule has 0 amide bonds. The number of carbonyl (C=O) groups excluding carboxylic acids is 1. The number of halogens is 1. The van der Waals surface area contributed by atoms with E-state index < -0.39 is 0 Å². The molecule has 0 atom stereocenters. The zero-order chi connectivity index (χ0) is 13.1. The van der Waals surface area contributed by atoms with Crippen LogP contribution in [0.3, 0.4) is 0 Å². The molecule has 0 aliphatic rings. The average molecular weight is 262 g/mol. The van der Waals surface area contributed by atoms with Gasteiger partial charge in [-0.2, -0.15) is 0 Å². The van der Waals surface area contributed by atoms with Gasteiger partial charge in [0.1, 0.15) is 5.75 Å². The number of hydrogen-bond donors (Lipinski definition) is 1. The van der Waals surface area contributed by atoms with E-state index in [9.17, 15) is 4.79 Å². The first-order valence-electron chi connectivity index (χ1n) is 5.35. The summed E-state index contributed by atoms with van der Waals surface area (Å²) in [4.78, 5) is 11.1. The second kappa shape index (κ2) is 5.10. The van der Waals surface area contributed by atoms with Gasteiger partial charge in [0.05, 0.1) is 12.8 Å².